The van der Waals surface area contributed by atoms with Crippen molar-refractivity contribution in [1.29, 1.82) is 0 Å². The Morgan fingerprint density at radius 1 is 1.30 bits per heavy atom. The summed E-state index contributed by atoms with van der Waals surface area (Å²) in [6.07, 6.45) is 2.41. The zero-order valence-corrected chi connectivity index (χ0v) is 12.1. The number of hydrogen-bond acceptors (Lipinski definition) is 5. The molecule has 0 spiro atoms. The van der Waals surface area contributed by atoms with E-state index in [1.807, 2.05) is 0 Å². The van der Waals surface area contributed by atoms with Crippen molar-refractivity contribution in [3.63, 3.8) is 0 Å². The summed E-state index contributed by atoms with van der Waals surface area (Å²) in [5.74, 6) is -0.729. The minimum absolute atomic E-state index is 0.279. The standard InChI is InChI=1S/C13H10N2O3S2/c1-8(17)14-15-12(18)11(20-13(15)19)6-9-2-4-10(7-16)5-3-9/h2-7H,1H3,(H,14,17)/b11-6-. The Labute approximate surface area is 125 Å². The molecule has 1 fully saturated rings. The van der Waals surface area contributed by atoms with Crippen LogP contribution in [-0.2, 0) is 9.59 Å². The van der Waals surface area contributed by atoms with Crippen LogP contribution in [0.4, 0.5) is 0 Å². The Hall–Kier alpha value is -1.99. The number of rotatable bonds is 3. The molecule has 1 aromatic rings. The molecule has 1 heterocycles. The summed E-state index contributed by atoms with van der Waals surface area (Å²) in [5.41, 5.74) is 3.71. The molecule has 0 radical (unpaired) electrons. The third-order valence-electron chi connectivity index (χ3n) is 2.43. The number of benzene rings is 1. The van der Waals surface area contributed by atoms with Crippen LogP contribution in [0.1, 0.15) is 22.8 Å². The first-order valence-corrected chi connectivity index (χ1v) is 6.84. The minimum Gasteiger partial charge on any atom is -0.298 e. The Kier molecular flexibility index (Phi) is 4.31. The second kappa shape index (κ2) is 5.98. The molecule has 0 atom stereocenters. The quantitative estimate of drug-likeness (QED) is 0.523. The van der Waals surface area contributed by atoms with Crippen molar-refractivity contribution in [3.05, 3.63) is 40.3 Å². The maximum absolute atomic E-state index is 12.1. The molecule has 5 nitrogen and oxygen atoms in total. The van der Waals surface area contributed by atoms with Crippen LogP contribution in [0.5, 0.6) is 0 Å². The number of carbonyl (C=O) groups excluding carboxylic acids is 3. The second-order valence-corrected chi connectivity index (χ2v) is 5.65. The molecular formula is C13H10N2O3S2. The van der Waals surface area contributed by atoms with Gasteiger partial charge in [0, 0.05) is 12.5 Å². The van der Waals surface area contributed by atoms with Gasteiger partial charge in [-0.05, 0) is 23.9 Å². The molecule has 0 bridgehead atoms. The maximum atomic E-state index is 12.1. The van der Waals surface area contributed by atoms with Crippen molar-refractivity contribution in [2.45, 2.75) is 6.92 Å². The third kappa shape index (κ3) is 3.12. The summed E-state index contributed by atoms with van der Waals surface area (Å²) in [6, 6.07) is 6.78. The fraction of sp³-hybridized carbons (Fsp3) is 0.0769. The van der Waals surface area contributed by atoms with Crippen LogP contribution >= 0.6 is 24.0 Å². The molecule has 7 heteroatoms. The van der Waals surface area contributed by atoms with E-state index in [1.54, 1.807) is 30.3 Å². The van der Waals surface area contributed by atoms with E-state index in [2.05, 4.69) is 5.43 Å². The molecule has 0 aromatic heterocycles. The number of hydrazine groups is 1. The maximum Gasteiger partial charge on any atom is 0.285 e. The highest BCUT2D eigenvalue weighted by atomic mass is 32.2. The first-order chi connectivity index (χ1) is 9.51. The highest BCUT2D eigenvalue weighted by Gasteiger charge is 2.32. The summed E-state index contributed by atoms with van der Waals surface area (Å²) in [6.45, 7) is 1.31. The molecule has 0 saturated carbocycles. The topological polar surface area (TPSA) is 66.5 Å². The largest absolute Gasteiger partial charge is 0.298 e. The van der Waals surface area contributed by atoms with E-state index in [9.17, 15) is 14.4 Å². The van der Waals surface area contributed by atoms with Crippen LogP contribution in [0.3, 0.4) is 0 Å². The van der Waals surface area contributed by atoms with Gasteiger partial charge in [-0.25, -0.2) is 0 Å². The van der Waals surface area contributed by atoms with Crippen molar-refractivity contribution < 1.29 is 14.4 Å². The summed E-state index contributed by atoms with van der Waals surface area (Å²) in [5, 5.41) is 1.05. The average molecular weight is 306 g/mol. The molecule has 0 aliphatic carbocycles. The van der Waals surface area contributed by atoms with Gasteiger partial charge in [0.15, 0.2) is 4.32 Å². The lowest BCUT2D eigenvalue weighted by Gasteiger charge is -2.13. The van der Waals surface area contributed by atoms with Gasteiger partial charge in [-0.15, -0.1) is 0 Å². The molecule has 1 N–H and O–H groups in total. The van der Waals surface area contributed by atoms with Gasteiger partial charge in [-0.2, -0.15) is 5.01 Å². The summed E-state index contributed by atoms with van der Waals surface area (Å²) in [4.78, 5) is 34.0. The van der Waals surface area contributed by atoms with Gasteiger partial charge >= 0.3 is 0 Å². The number of aldehydes is 1. The van der Waals surface area contributed by atoms with E-state index in [1.165, 1.54) is 6.92 Å². The highest BCUT2D eigenvalue weighted by molar-refractivity contribution is 8.26. The van der Waals surface area contributed by atoms with Gasteiger partial charge in [-0.3, -0.25) is 19.8 Å². The predicted octanol–water partition coefficient (Wildman–Crippen LogP) is 1.75. The van der Waals surface area contributed by atoms with Gasteiger partial charge in [0.25, 0.3) is 5.91 Å². The zero-order valence-electron chi connectivity index (χ0n) is 10.5. The first kappa shape index (κ1) is 14.4. The predicted molar refractivity (Wildman–Crippen MR) is 80.7 cm³/mol. The van der Waals surface area contributed by atoms with Gasteiger partial charge in [0.2, 0.25) is 5.91 Å². The van der Waals surface area contributed by atoms with Crippen LogP contribution in [0.15, 0.2) is 29.2 Å². The molecule has 20 heavy (non-hydrogen) atoms. The molecule has 1 saturated heterocycles. The fourth-order valence-corrected chi connectivity index (χ4v) is 2.72. The number of nitrogens with one attached hydrogen (secondary N) is 1. The van der Waals surface area contributed by atoms with Crippen molar-refractivity contribution in [1.82, 2.24) is 10.4 Å². The SMILES string of the molecule is CC(=O)NN1C(=O)/C(=C/c2ccc(C=O)cc2)SC1=S. The number of carbonyl (C=O) groups is 3. The number of amides is 2. The summed E-state index contributed by atoms with van der Waals surface area (Å²) in [7, 11) is 0. The van der Waals surface area contributed by atoms with E-state index >= 15 is 0 Å². The second-order valence-electron chi connectivity index (χ2n) is 3.97. The monoisotopic (exact) mass is 306 g/mol. The molecule has 2 amide bonds. The van der Waals surface area contributed by atoms with Crippen LogP contribution < -0.4 is 5.43 Å². The first-order valence-electron chi connectivity index (χ1n) is 5.61. The van der Waals surface area contributed by atoms with E-state index in [0.717, 1.165) is 28.6 Å². The molecule has 2 rings (SSSR count). The van der Waals surface area contributed by atoms with Crippen molar-refractivity contribution in [2.24, 2.45) is 0 Å². The summed E-state index contributed by atoms with van der Waals surface area (Å²) < 4.78 is 0.279. The van der Waals surface area contributed by atoms with E-state index in [4.69, 9.17) is 12.2 Å². The Balaban J connectivity index is 2.22. The van der Waals surface area contributed by atoms with Crippen molar-refractivity contribution >= 4 is 52.5 Å². The van der Waals surface area contributed by atoms with Gasteiger partial charge < -0.3 is 0 Å². The zero-order chi connectivity index (χ0) is 14.7. The van der Waals surface area contributed by atoms with Crippen molar-refractivity contribution in [2.75, 3.05) is 0 Å². The number of thioether (sulfide) groups is 1. The van der Waals surface area contributed by atoms with Crippen molar-refractivity contribution in [3.8, 4) is 0 Å². The number of hydrogen-bond donors (Lipinski definition) is 1. The van der Waals surface area contributed by atoms with Crippen LogP contribution in [0.2, 0.25) is 0 Å². The van der Waals surface area contributed by atoms with Crippen LogP contribution in [-0.4, -0.2) is 27.4 Å². The lowest BCUT2D eigenvalue weighted by atomic mass is 10.1. The molecule has 1 aromatic carbocycles. The fourth-order valence-electron chi connectivity index (χ4n) is 1.54. The molecular weight excluding hydrogens is 296 g/mol. The highest BCUT2D eigenvalue weighted by Crippen LogP contribution is 2.31. The number of thiocarbonyl (C=S) groups is 1. The minimum atomic E-state index is -0.366. The van der Waals surface area contributed by atoms with Gasteiger partial charge in [0.1, 0.15) is 6.29 Å². The molecule has 102 valence electrons. The smallest absolute Gasteiger partial charge is 0.285 e. The van der Waals surface area contributed by atoms with E-state index in [-0.39, 0.29) is 16.1 Å². The number of nitrogens with zero attached hydrogens (tertiary/aromatic N) is 1. The molecule has 0 unspecified atom stereocenters. The molecule has 1 aliphatic heterocycles. The van der Waals surface area contributed by atoms with Gasteiger partial charge in [0.05, 0.1) is 4.91 Å². The third-order valence-corrected chi connectivity index (χ3v) is 3.74. The molecule has 1 aliphatic rings. The van der Waals surface area contributed by atoms with E-state index in [0.29, 0.717) is 10.5 Å². The Morgan fingerprint density at radius 3 is 2.45 bits per heavy atom. The lowest BCUT2D eigenvalue weighted by molar-refractivity contribution is -0.131. The normalized spacial score (nSPS) is 16.6. The van der Waals surface area contributed by atoms with Gasteiger partial charge in [-0.1, -0.05) is 36.0 Å². The Bertz CT molecular complexity index is 623. The summed E-state index contributed by atoms with van der Waals surface area (Å²) >= 11 is 6.15. The lowest BCUT2D eigenvalue weighted by Crippen LogP contribution is -2.43. The Morgan fingerprint density at radius 2 is 1.90 bits per heavy atom. The van der Waals surface area contributed by atoms with Crippen LogP contribution in [0, 0.1) is 0 Å². The van der Waals surface area contributed by atoms with E-state index < -0.39 is 0 Å². The van der Waals surface area contributed by atoms with Crippen LogP contribution in [0.25, 0.3) is 6.08 Å². The average Bonchev–Trinajstić information content (AvgIpc) is 2.67.